The SMILES string of the molecule is CC(C)C(NC(=O)COc1cc2c(c3oc(=O)c4c(c13)CCC4)CCC(C)(C)O2)C(=O)O. The minimum absolute atomic E-state index is 0.269. The molecule has 1 aromatic carbocycles. The van der Waals surface area contributed by atoms with E-state index in [2.05, 4.69) is 5.32 Å². The van der Waals surface area contributed by atoms with Gasteiger partial charge < -0.3 is 24.3 Å². The molecule has 1 aliphatic carbocycles. The molecule has 1 amide bonds. The summed E-state index contributed by atoms with van der Waals surface area (Å²) in [5, 5.41) is 12.5. The molecule has 2 aromatic rings. The van der Waals surface area contributed by atoms with Gasteiger partial charge >= 0.3 is 11.6 Å². The van der Waals surface area contributed by atoms with Crippen molar-refractivity contribution < 1.29 is 28.6 Å². The van der Waals surface area contributed by atoms with Crippen molar-refractivity contribution in [1.29, 1.82) is 0 Å². The number of carboxylic acid groups (broad SMARTS) is 1. The summed E-state index contributed by atoms with van der Waals surface area (Å²) in [6.07, 6.45) is 3.73. The topological polar surface area (TPSA) is 115 Å². The van der Waals surface area contributed by atoms with E-state index in [1.165, 1.54) is 0 Å². The molecular formula is C24H29NO7. The first-order valence-corrected chi connectivity index (χ1v) is 11.1. The van der Waals surface area contributed by atoms with Crippen molar-refractivity contribution in [2.24, 2.45) is 5.92 Å². The molecule has 2 N–H and O–H groups in total. The third-order valence-electron chi connectivity index (χ3n) is 6.24. The molecule has 0 saturated carbocycles. The molecule has 0 saturated heterocycles. The Kier molecular flexibility index (Phi) is 5.65. The highest BCUT2D eigenvalue weighted by Gasteiger charge is 2.32. The molecule has 1 aromatic heterocycles. The molecule has 0 fully saturated rings. The number of carbonyl (C=O) groups is 2. The number of carboxylic acids is 1. The molecule has 2 heterocycles. The fourth-order valence-electron chi connectivity index (χ4n) is 4.54. The standard InChI is InChI=1S/C24H29NO7/c1-12(2)20(22(27)28)25-18(26)11-30-17-10-16-15(8-9-24(3,4)32-16)21-19(17)13-6-5-7-14(13)23(29)31-21/h10,12,20H,5-9,11H2,1-4H3,(H,25,26)(H,27,28). The van der Waals surface area contributed by atoms with Gasteiger partial charge in [-0.15, -0.1) is 0 Å². The Hall–Kier alpha value is -3.03. The number of benzene rings is 1. The number of ether oxygens (including phenoxy) is 2. The molecule has 8 heteroatoms. The maximum Gasteiger partial charge on any atom is 0.339 e. The number of hydrogen-bond donors (Lipinski definition) is 2. The zero-order valence-electron chi connectivity index (χ0n) is 18.9. The molecule has 0 bridgehead atoms. The Morgan fingerprint density at radius 3 is 2.59 bits per heavy atom. The first-order valence-electron chi connectivity index (χ1n) is 11.1. The molecule has 0 spiro atoms. The number of aryl methyl sites for hydroxylation is 2. The van der Waals surface area contributed by atoms with E-state index < -0.39 is 17.9 Å². The molecule has 8 nitrogen and oxygen atoms in total. The van der Waals surface area contributed by atoms with Crippen LogP contribution in [-0.4, -0.2) is 35.2 Å². The van der Waals surface area contributed by atoms with Crippen molar-refractivity contribution in [2.75, 3.05) is 6.61 Å². The normalized spacial score (nSPS) is 17.4. The van der Waals surface area contributed by atoms with Gasteiger partial charge in [0.1, 0.15) is 28.7 Å². The number of carbonyl (C=O) groups excluding carboxylic acids is 1. The van der Waals surface area contributed by atoms with Crippen molar-refractivity contribution in [3.8, 4) is 11.5 Å². The van der Waals surface area contributed by atoms with Crippen molar-refractivity contribution in [3.05, 3.63) is 33.2 Å². The van der Waals surface area contributed by atoms with Gasteiger partial charge in [-0.1, -0.05) is 13.8 Å². The van der Waals surface area contributed by atoms with Crippen LogP contribution in [-0.2, 0) is 28.9 Å². The van der Waals surface area contributed by atoms with E-state index in [-0.39, 0.29) is 23.8 Å². The van der Waals surface area contributed by atoms with E-state index >= 15 is 0 Å². The highest BCUT2D eigenvalue weighted by atomic mass is 16.5. The van der Waals surface area contributed by atoms with Crippen molar-refractivity contribution >= 4 is 22.8 Å². The molecule has 2 aliphatic rings. The van der Waals surface area contributed by atoms with Crippen LogP contribution in [0.1, 0.15) is 57.2 Å². The number of rotatable bonds is 6. The smallest absolute Gasteiger partial charge is 0.339 e. The Morgan fingerprint density at radius 2 is 1.91 bits per heavy atom. The molecule has 0 radical (unpaired) electrons. The van der Waals surface area contributed by atoms with E-state index in [1.807, 2.05) is 13.8 Å². The fraction of sp³-hybridized carbons (Fsp3) is 0.542. The second-order valence-electron chi connectivity index (χ2n) is 9.53. The predicted octanol–water partition coefficient (Wildman–Crippen LogP) is 2.99. The van der Waals surface area contributed by atoms with Crippen LogP contribution >= 0.6 is 0 Å². The summed E-state index contributed by atoms with van der Waals surface area (Å²) >= 11 is 0. The molecule has 1 atom stereocenters. The van der Waals surface area contributed by atoms with Crippen LogP contribution < -0.4 is 20.4 Å². The molecule has 1 unspecified atom stereocenters. The zero-order chi connectivity index (χ0) is 23.2. The zero-order valence-corrected chi connectivity index (χ0v) is 18.9. The molecular weight excluding hydrogens is 414 g/mol. The van der Waals surface area contributed by atoms with Gasteiger partial charge in [-0.05, 0) is 57.4 Å². The van der Waals surface area contributed by atoms with Gasteiger partial charge in [0.05, 0.1) is 5.39 Å². The number of aliphatic carboxylic acids is 1. The Bertz CT molecular complexity index is 1150. The van der Waals surface area contributed by atoms with Crippen LogP contribution in [0.4, 0.5) is 0 Å². The van der Waals surface area contributed by atoms with E-state index in [9.17, 15) is 19.5 Å². The number of hydrogen-bond acceptors (Lipinski definition) is 6. The van der Waals surface area contributed by atoms with Crippen molar-refractivity contribution in [3.63, 3.8) is 0 Å². The first-order chi connectivity index (χ1) is 15.1. The highest BCUT2D eigenvalue weighted by molar-refractivity contribution is 5.93. The lowest BCUT2D eigenvalue weighted by molar-refractivity contribution is -0.143. The first kappa shape index (κ1) is 22.2. The van der Waals surface area contributed by atoms with Crippen LogP contribution in [0.2, 0.25) is 0 Å². The lowest BCUT2D eigenvalue weighted by Gasteiger charge is -2.33. The van der Waals surface area contributed by atoms with Crippen LogP contribution in [0.25, 0.3) is 11.0 Å². The minimum Gasteiger partial charge on any atom is -0.487 e. The summed E-state index contributed by atoms with van der Waals surface area (Å²) in [6, 6.07) is 0.763. The molecule has 1 aliphatic heterocycles. The van der Waals surface area contributed by atoms with Crippen LogP contribution in [0.5, 0.6) is 11.5 Å². The lowest BCUT2D eigenvalue weighted by atomic mass is 9.91. The fourth-order valence-corrected chi connectivity index (χ4v) is 4.54. The largest absolute Gasteiger partial charge is 0.487 e. The third-order valence-corrected chi connectivity index (χ3v) is 6.24. The number of amides is 1. The quantitative estimate of drug-likeness (QED) is 0.660. The highest BCUT2D eigenvalue weighted by Crippen LogP contribution is 2.44. The van der Waals surface area contributed by atoms with Crippen molar-refractivity contribution in [1.82, 2.24) is 5.32 Å². The molecule has 172 valence electrons. The van der Waals surface area contributed by atoms with E-state index in [0.717, 1.165) is 30.4 Å². The third kappa shape index (κ3) is 4.06. The summed E-state index contributed by atoms with van der Waals surface area (Å²) in [5.74, 6) is -0.912. The van der Waals surface area contributed by atoms with Gasteiger partial charge in [0.2, 0.25) is 0 Å². The monoisotopic (exact) mass is 443 g/mol. The summed E-state index contributed by atoms with van der Waals surface area (Å²) < 4.78 is 17.8. The van der Waals surface area contributed by atoms with E-state index in [0.29, 0.717) is 40.9 Å². The average Bonchev–Trinajstić information content (AvgIpc) is 3.19. The predicted molar refractivity (Wildman–Crippen MR) is 117 cm³/mol. The Morgan fingerprint density at radius 1 is 1.19 bits per heavy atom. The summed E-state index contributed by atoms with van der Waals surface area (Å²) in [6.45, 7) is 7.07. The second kappa shape index (κ2) is 8.15. The van der Waals surface area contributed by atoms with Crippen molar-refractivity contribution in [2.45, 2.75) is 71.4 Å². The van der Waals surface area contributed by atoms with Gasteiger partial charge in [0.15, 0.2) is 6.61 Å². The maximum absolute atomic E-state index is 12.6. The van der Waals surface area contributed by atoms with Gasteiger partial charge in [0, 0.05) is 17.2 Å². The number of fused-ring (bicyclic) bond motifs is 5. The number of nitrogens with one attached hydrogen (secondary N) is 1. The van der Waals surface area contributed by atoms with Gasteiger partial charge in [-0.25, -0.2) is 9.59 Å². The minimum atomic E-state index is -1.09. The van der Waals surface area contributed by atoms with Gasteiger partial charge in [-0.3, -0.25) is 4.79 Å². The Balaban J connectivity index is 1.72. The summed E-state index contributed by atoms with van der Waals surface area (Å²) in [7, 11) is 0. The second-order valence-corrected chi connectivity index (χ2v) is 9.53. The average molecular weight is 443 g/mol. The molecule has 32 heavy (non-hydrogen) atoms. The summed E-state index contributed by atoms with van der Waals surface area (Å²) in [5.41, 5.74) is 2.17. The van der Waals surface area contributed by atoms with Gasteiger partial charge in [0.25, 0.3) is 5.91 Å². The van der Waals surface area contributed by atoms with E-state index in [1.54, 1.807) is 19.9 Å². The summed E-state index contributed by atoms with van der Waals surface area (Å²) in [4.78, 5) is 36.4. The van der Waals surface area contributed by atoms with Gasteiger partial charge in [-0.2, -0.15) is 0 Å². The lowest BCUT2D eigenvalue weighted by Crippen LogP contribution is -2.46. The van der Waals surface area contributed by atoms with Crippen LogP contribution in [0.3, 0.4) is 0 Å². The maximum atomic E-state index is 12.6. The van der Waals surface area contributed by atoms with E-state index in [4.69, 9.17) is 13.9 Å². The van der Waals surface area contributed by atoms with Crippen LogP contribution in [0.15, 0.2) is 15.3 Å². The Labute approximate surface area is 185 Å². The van der Waals surface area contributed by atoms with Crippen LogP contribution in [0, 0.1) is 5.92 Å². The molecule has 4 rings (SSSR count).